The third-order valence-corrected chi connectivity index (χ3v) is 3.08. The molecule has 3 nitrogen and oxygen atoms in total. The molecule has 0 aliphatic carbocycles. The summed E-state index contributed by atoms with van der Waals surface area (Å²) in [5.74, 6) is 0.760. The topological polar surface area (TPSA) is 38.5 Å². The van der Waals surface area contributed by atoms with Crippen LogP contribution in [0.1, 0.15) is 39.5 Å². The summed E-state index contributed by atoms with van der Waals surface area (Å²) in [6.45, 7) is 9.75. The van der Waals surface area contributed by atoms with E-state index in [0.717, 1.165) is 38.6 Å². The summed E-state index contributed by atoms with van der Waals surface area (Å²) in [6.07, 6.45) is 5.33. The molecule has 1 atom stereocenters. The normalized spacial score (nSPS) is 22.9. The lowest BCUT2D eigenvalue weighted by atomic mass is 10.1. The number of nitrogens with zero attached hydrogens (tertiary/aromatic N) is 1. The molecule has 1 unspecified atom stereocenters. The van der Waals surface area contributed by atoms with Gasteiger partial charge in [0.2, 0.25) is 0 Å². The first-order chi connectivity index (χ1) is 7.72. The maximum absolute atomic E-state index is 5.80. The zero-order valence-corrected chi connectivity index (χ0v) is 11.0. The number of unbranched alkanes of at least 4 members (excludes halogenated alkanes) is 2. The van der Waals surface area contributed by atoms with Crippen molar-refractivity contribution in [3.8, 4) is 0 Å². The fourth-order valence-corrected chi connectivity index (χ4v) is 2.33. The van der Waals surface area contributed by atoms with Crippen LogP contribution in [0.15, 0.2) is 0 Å². The van der Waals surface area contributed by atoms with Crippen LogP contribution in [0.3, 0.4) is 0 Å². The highest BCUT2D eigenvalue weighted by Crippen LogP contribution is 2.13. The van der Waals surface area contributed by atoms with Gasteiger partial charge in [-0.1, -0.05) is 26.7 Å². The zero-order valence-electron chi connectivity index (χ0n) is 11.0. The van der Waals surface area contributed by atoms with E-state index in [1.807, 2.05) is 0 Å². The summed E-state index contributed by atoms with van der Waals surface area (Å²) in [7, 11) is 0. The maximum Gasteiger partial charge on any atom is 0.0702 e. The van der Waals surface area contributed by atoms with Crippen molar-refractivity contribution in [3.05, 3.63) is 0 Å². The van der Waals surface area contributed by atoms with Gasteiger partial charge in [-0.3, -0.25) is 4.90 Å². The molecule has 0 aromatic heterocycles. The molecule has 0 amide bonds. The first kappa shape index (κ1) is 13.9. The summed E-state index contributed by atoms with van der Waals surface area (Å²) in [4.78, 5) is 2.54. The Morgan fingerprint density at radius 2 is 2.12 bits per heavy atom. The third-order valence-electron chi connectivity index (χ3n) is 3.08. The number of ether oxygens (including phenoxy) is 1. The van der Waals surface area contributed by atoms with E-state index in [1.165, 1.54) is 25.8 Å². The molecule has 3 heteroatoms. The Morgan fingerprint density at radius 3 is 2.81 bits per heavy atom. The van der Waals surface area contributed by atoms with Gasteiger partial charge in [0, 0.05) is 19.6 Å². The molecule has 1 heterocycles. The Hall–Kier alpha value is -0.120. The van der Waals surface area contributed by atoms with Gasteiger partial charge in [0.05, 0.1) is 12.7 Å². The highest BCUT2D eigenvalue weighted by molar-refractivity contribution is 4.72. The van der Waals surface area contributed by atoms with Gasteiger partial charge in [0.15, 0.2) is 0 Å². The summed E-state index contributed by atoms with van der Waals surface area (Å²) < 4.78 is 5.80. The van der Waals surface area contributed by atoms with E-state index < -0.39 is 0 Å². The molecule has 1 aliphatic heterocycles. The van der Waals surface area contributed by atoms with Gasteiger partial charge in [-0.25, -0.2) is 0 Å². The minimum Gasteiger partial charge on any atom is -0.376 e. The Morgan fingerprint density at radius 1 is 1.31 bits per heavy atom. The number of hydrogen-bond acceptors (Lipinski definition) is 3. The zero-order chi connectivity index (χ0) is 11.8. The van der Waals surface area contributed by atoms with Crippen molar-refractivity contribution in [2.24, 2.45) is 11.7 Å². The van der Waals surface area contributed by atoms with Crippen LogP contribution in [0.5, 0.6) is 0 Å². The van der Waals surface area contributed by atoms with Crippen molar-refractivity contribution in [3.63, 3.8) is 0 Å². The lowest BCUT2D eigenvalue weighted by Crippen LogP contribution is -2.43. The molecule has 2 N–H and O–H groups in total. The second kappa shape index (κ2) is 8.04. The van der Waals surface area contributed by atoms with Crippen molar-refractivity contribution < 1.29 is 4.74 Å². The van der Waals surface area contributed by atoms with Crippen molar-refractivity contribution in [2.45, 2.75) is 45.6 Å². The Balaban J connectivity index is 2.12. The van der Waals surface area contributed by atoms with Gasteiger partial charge >= 0.3 is 0 Å². The second-order valence-corrected chi connectivity index (χ2v) is 5.28. The summed E-state index contributed by atoms with van der Waals surface area (Å²) in [5.41, 5.74) is 5.49. The average Bonchev–Trinajstić information content (AvgIpc) is 2.24. The fourth-order valence-electron chi connectivity index (χ4n) is 2.33. The van der Waals surface area contributed by atoms with E-state index in [4.69, 9.17) is 10.5 Å². The molecular formula is C13H28N2O. The van der Waals surface area contributed by atoms with Crippen LogP contribution >= 0.6 is 0 Å². The first-order valence-corrected chi connectivity index (χ1v) is 6.76. The minimum atomic E-state index is 0.463. The van der Waals surface area contributed by atoms with Crippen LogP contribution in [0.4, 0.5) is 0 Å². The average molecular weight is 228 g/mol. The molecule has 0 bridgehead atoms. The second-order valence-electron chi connectivity index (χ2n) is 5.28. The predicted molar refractivity (Wildman–Crippen MR) is 68.5 cm³/mol. The Bertz CT molecular complexity index is 173. The highest BCUT2D eigenvalue weighted by Gasteiger charge is 2.20. The molecule has 1 rings (SSSR count). The van der Waals surface area contributed by atoms with Gasteiger partial charge < -0.3 is 10.5 Å². The Kier molecular flexibility index (Phi) is 7.01. The molecule has 1 aliphatic rings. The van der Waals surface area contributed by atoms with Crippen molar-refractivity contribution in [2.75, 3.05) is 32.8 Å². The van der Waals surface area contributed by atoms with Crippen LogP contribution in [0.2, 0.25) is 0 Å². The van der Waals surface area contributed by atoms with Crippen LogP contribution in [0, 0.1) is 5.92 Å². The SMILES string of the molecule is CC(C)CN1CCOC(CCCCCN)C1. The smallest absolute Gasteiger partial charge is 0.0702 e. The molecule has 0 aromatic carbocycles. The van der Waals surface area contributed by atoms with E-state index in [0.29, 0.717) is 6.10 Å². The molecular weight excluding hydrogens is 200 g/mol. The van der Waals surface area contributed by atoms with Crippen LogP contribution in [-0.2, 0) is 4.74 Å². The van der Waals surface area contributed by atoms with Crippen molar-refractivity contribution in [1.29, 1.82) is 0 Å². The lowest BCUT2D eigenvalue weighted by molar-refractivity contribution is -0.0360. The van der Waals surface area contributed by atoms with E-state index in [2.05, 4.69) is 18.7 Å². The summed E-state index contributed by atoms with van der Waals surface area (Å²) in [6, 6.07) is 0. The number of rotatable bonds is 7. The van der Waals surface area contributed by atoms with E-state index in [1.54, 1.807) is 0 Å². The van der Waals surface area contributed by atoms with Crippen molar-refractivity contribution >= 4 is 0 Å². The largest absolute Gasteiger partial charge is 0.376 e. The highest BCUT2D eigenvalue weighted by atomic mass is 16.5. The monoisotopic (exact) mass is 228 g/mol. The summed E-state index contributed by atoms with van der Waals surface area (Å²) >= 11 is 0. The van der Waals surface area contributed by atoms with Crippen molar-refractivity contribution in [1.82, 2.24) is 4.90 Å². The quantitative estimate of drug-likeness (QED) is 0.676. The van der Waals surface area contributed by atoms with Gasteiger partial charge in [-0.2, -0.15) is 0 Å². The predicted octanol–water partition coefficient (Wildman–Crippen LogP) is 1.86. The molecule has 1 fully saturated rings. The first-order valence-electron chi connectivity index (χ1n) is 6.76. The third kappa shape index (κ3) is 5.83. The molecule has 0 spiro atoms. The molecule has 0 radical (unpaired) electrons. The molecule has 96 valence electrons. The lowest BCUT2D eigenvalue weighted by Gasteiger charge is -2.34. The van der Waals surface area contributed by atoms with Crippen LogP contribution in [0.25, 0.3) is 0 Å². The van der Waals surface area contributed by atoms with Crippen LogP contribution < -0.4 is 5.73 Å². The van der Waals surface area contributed by atoms with Gasteiger partial charge in [-0.15, -0.1) is 0 Å². The van der Waals surface area contributed by atoms with Gasteiger partial charge in [0.1, 0.15) is 0 Å². The van der Waals surface area contributed by atoms with E-state index in [9.17, 15) is 0 Å². The van der Waals surface area contributed by atoms with Crippen LogP contribution in [-0.4, -0.2) is 43.8 Å². The summed E-state index contributed by atoms with van der Waals surface area (Å²) in [5, 5.41) is 0. The maximum atomic E-state index is 5.80. The van der Waals surface area contributed by atoms with E-state index >= 15 is 0 Å². The Labute approximate surface area is 100 Å². The molecule has 16 heavy (non-hydrogen) atoms. The number of hydrogen-bond donors (Lipinski definition) is 1. The molecule has 0 aromatic rings. The molecule has 1 saturated heterocycles. The molecule has 0 saturated carbocycles. The van der Waals surface area contributed by atoms with Gasteiger partial charge in [-0.05, 0) is 25.3 Å². The van der Waals surface area contributed by atoms with E-state index in [-0.39, 0.29) is 0 Å². The fraction of sp³-hybridized carbons (Fsp3) is 1.00. The standard InChI is InChI=1S/C13H28N2O/c1-12(2)10-15-8-9-16-13(11-15)6-4-3-5-7-14/h12-13H,3-11,14H2,1-2H3. The van der Waals surface area contributed by atoms with Gasteiger partial charge in [0.25, 0.3) is 0 Å². The minimum absolute atomic E-state index is 0.463. The number of nitrogens with two attached hydrogens (primary N) is 1. The number of morpholine rings is 1.